The van der Waals surface area contributed by atoms with Crippen LogP contribution in [0, 0.1) is 10.1 Å². The van der Waals surface area contributed by atoms with Crippen LogP contribution in [0.25, 0.3) is 0 Å². The molecular formula is C11H11N5O5S. The van der Waals surface area contributed by atoms with Crippen molar-refractivity contribution in [3.63, 3.8) is 0 Å². The molecular weight excluding hydrogens is 314 g/mol. The summed E-state index contributed by atoms with van der Waals surface area (Å²) in [6.07, 6.45) is 1.01. The van der Waals surface area contributed by atoms with Crippen molar-refractivity contribution in [2.24, 2.45) is 0 Å². The number of nitro groups is 1. The number of nitrogens with one attached hydrogen (secondary N) is 1. The first-order chi connectivity index (χ1) is 10.5. The van der Waals surface area contributed by atoms with E-state index in [1.54, 1.807) is 0 Å². The molecule has 1 amide bonds. The number of pyridine rings is 1. The fourth-order valence-electron chi connectivity index (χ4n) is 1.55. The number of hydrogen-bond acceptors (Lipinski definition) is 8. The third-order valence-electron chi connectivity index (χ3n) is 2.47. The summed E-state index contributed by atoms with van der Waals surface area (Å²) in [5.74, 6) is -0.539. The highest BCUT2D eigenvalue weighted by Gasteiger charge is 2.12. The highest BCUT2D eigenvalue weighted by molar-refractivity contribution is 7.15. The minimum atomic E-state index is -0.643. The van der Waals surface area contributed by atoms with Gasteiger partial charge in [0.05, 0.1) is 11.1 Å². The van der Waals surface area contributed by atoms with Crippen molar-refractivity contribution >= 4 is 28.1 Å². The van der Waals surface area contributed by atoms with Crippen LogP contribution in [0.3, 0.4) is 0 Å². The Morgan fingerprint density at radius 2 is 2.27 bits per heavy atom. The van der Waals surface area contributed by atoms with Gasteiger partial charge in [-0.25, -0.2) is 0 Å². The molecule has 0 aliphatic heterocycles. The van der Waals surface area contributed by atoms with E-state index in [2.05, 4.69) is 15.5 Å². The van der Waals surface area contributed by atoms with E-state index < -0.39 is 16.4 Å². The first-order valence-corrected chi connectivity index (χ1v) is 6.77. The Balaban J connectivity index is 2.06. The fraction of sp³-hybridized carbons (Fsp3) is 0.273. The van der Waals surface area contributed by atoms with Crippen molar-refractivity contribution in [3.8, 4) is 0 Å². The monoisotopic (exact) mass is 325 g/mol. The molecule has 2 heterocycles. The van der Waals surface area contributed by atoms with E-state index in [4.69, 9.17) is 4.74 Å². The molecule has 2 rings (SSSR count). The number of carbonyl (C=O) groups is 1. The number of aromatic nitrogens is 3. The van der Waals surface area contributed by atoms with E-state index in [0.29, 0.717) is 5.01 Å². The third-order valence-corrected chi connectivity index (χ3v) is 3.29. The maximum Gasteiger partial charge on any atom is 0.285 e. The summed E-state index contributed by atoms with van der Waals surface area (Å²) in [6, 6.07) is 2.12. The van der Waals surface area contributed by atoms with Crippen LogP contribution in [0.15, 0.2) is 23.1 Å². The summed E-state index contributed by atoms with van der Waals surface area (Å²) >= 11 is 1.13. The molecule has 11 heteroatoms. The largest absolute Gasteiger partial charge is 0.377 e. The lowest BCUT2D eigenvalue weighted by Gasteiger charge is -2.04. The van der Waals surface area contributed by atoms with Gasteiger partial charge in [-0.2, -0.15) is 0 Å². The molecule has 2 aromatic rings. The molecule has 0 radical (unpaired) electrons. The summed E-state index contributed by atoms with van der Waals surface area (Å²) in [7, 11) is 1.51. The summed E-state index contributed by atoms with van der Waals surface area (Å²) in [5.41, 5.74) is -0.788. The van der Waals surface area contributed by atoms with Gasteiger partial charge in [-0.3, -0.25) is 29.6 Å². The number of ether oxygens (including phenoxy) is 1. The van der Waals surface area contributed by atoms with E-state index in [0.717, 1.165) is 34.2 Å². The SMILES string of the molecule is COCc1nnc(NC(=O)Cn2cc([N+](=O)[O-])ccc2=O)s1. The molecule has 0 bridgehead atoms. The van der Waals surface area contributed by atoms with Crippen LogP contribution >= 0.6 is 11.3 Å². The van der Waals surface area contributed by atoms with Crippen LogP contribution in [-0.2, 0) is 22.7 Å². The average molecular weight is 325 g/mol. The van der Waals surface area contributed by atoms with Gasteiger partial charge in [-0.15, -0.1) is 10.2 Å². The Morgan fingerprint density at radius 1 is 1.50 bits per heavy atom. The second-order valence-corrected chi connectivity index (χ2v) is 5.15. The summed E-state index contributed by atoms with van der Waals surface area (Å²) in [5, 5.41) is 21.5. The Bertz CT molecular complexity index is 755. The second-order valence-electron chi connectivity index (χ2n) is 4.09. The Morgan fingerprint density at radius 3 is 2.95 bits per heavy atom. The number of hydrogen-bond donors (Lipinski definition) is 1. The van der Waals surface area contributed by atoms with E-state index >= 15 is 0 Å². The van der Waals surface area contributed by atoms with Crippen molar-refractivity contribution in [2.45, 2.75) is 13.2 Å². The standard InChI is InChI=1S/C11H11N5O5S/c1-21-6-9-13-14-11(22-9)12-8(17)5-15-4-7(16(19)20)2-3-10(15)18/h2-4H,5-6H2,1H3,(H,12,14,17). The maximum absolute atomic E-state index is 11.8. The summed E-state index contributed by atoms with van der Waals surface area (Å²) in [4.78, 5) is 33.5. The molecule has 2 aromatic heterocycles. The van der Waals surface area contributed by atoms with Crippen LogP contribution in [-0.4, -0.2) is 32.7 Å². The normalized spacial score (nSPS) is 10.4. The lowest BCUT2D eigenvalue weighted by Crippen LogP contribution is -2.26. The van der Waals surface area contributed by atoms with Gasteiger partial charge >= 0.3 is 0 Å². The average Bonchev–Trinajstić information content (AvgIpc) is 2.88. The Kier molecular flexibility index (Phi) is 4.91. The lowest BCUT2D eigenvalue weighted by atomic mass is 10.4. The van der Waals surface area contributed by atoms with Crippen molar-refractivity contribution in [1.82, 2.24) is 14.8 Å². The molecule has 0 saturated carbocycles. The van der Waals surface area contributed by atoms with Crippen molar-refractivity contribution < 1.29 is 14.5 Å². The van der Waals surface area contributed by atoms with Crippen molar-refractivity contribution in [3.05, 3.63) is 43.8 Å². The minimum absolute atomic E-state index is 0.260. The fourth-order valence-corrected chi connectivity index (χ4v) is 2.28. The molecule has 0 spiro atoms. The van der Waals surface area contributed by atoms with Gasteiger partial charge in [0.25, 0.3) is 11.2 Å². The van der Waals surface area contributed by atoms with Crippen molar-refractivity contribution in [1.29, 1.82) is 0 Å². The number of anilines is 1. The molecule has 0 atom stereocenters. The van der Waals surface area contributed by atoms with Gasteiger partial charge in [0.15, 0.2) is 0 Å². The molecule has 0 aromatic carbocycles. The van der Waals surface area contributed by atoms with E-state index in [1.807, 2.05) is 0 Å². The molecule has 0 aliphatic rings. The number of rotatable bonds is 6. The number of amides is 1. The number of carbonyl (C=O) groups excluding carboxylic acids is 1. The van der Waals surface area contributed by atoms with Gasteiger partial charge < -0.3 is 4.74 Å². The zero-order chi connectivity index (χ0) is 16.1. The molecule has 22 heavy (non-hydrogen) atoms. The number of nitrogens with zero attached hydrogens (tertiary/aromatic N) is 4. The Labute approximate surface area is 127 Å². The van der Waals surface area contributed by atoms with Crippen LogP contribution < -0.4 is 10.9 Å². The molecule has 1 N–H and O–H groups in total. The summed E-state index contributed by atoms with van der Waals surface area (Å²) < 4.78 is 5.83. The molecule has 0 aliphatic carbocycles. The lowest BCUT2D eigenvalue weighted by molar-refractivity contribution is -0.385. The van der Waals surface area contributed by atoms with Gasteiger partial charge in [-0.05, 0) is 0 Å². The molecule has 116 valence electrons. The van der Waals surface area contributed by atoms with E-state index in [-0.39, 0.29) is 24.0 Å². The second kappa shape index (κ2) is 6.87. The molecule has 0 unspecified atom stereocenters. The van der Waals surface area contributed by atoms with Gasteiger partial charge in [0.1, 0.15) is 18.2 Å². The highest BCUT2D eigenvalue weighted by Crippen LogP contribution is 2.15. The van der Waals surface area contributed by atoms with Crippen LogP contribution in [0.4, 0.5) is 10.8 Å². The molecule has 10 nitrogen and oxygen atoms in total. The molecule has 0 saturated heterocycles. The first kappa shape index (κ1) is 15.7. The first-order valence-electron chi connectivity index (χ1n) is 5.95. The van der Waals surface area contributed by atoms with Crippen LogP contribution in [0.5, 0.6) is 0 Å². The predicted octanol–water partition coefficient (Wildman–Crippen LogP) is 0.393. The predicted molar refractivity (Wildman–Crippen MR) is 76.6 cm³/mol. The van der Waals surface area contributed by atoms with Gasteiger partial charge in [0.2, 0.25) is 11.0 Å². The van der Waals surface area contributed by atoms with Gasteiger partial charge in [-0.1, -0.05) is 11.3 Å². The Hall–Kier alpha value is -2.66. The van der Waals surface area contributed by atoms with E-state index in [9.17, 15) is 19.7 Å². The molecule has 0 fully saturated rings. The third kappa shape index (κ3) is 3.93. The quantitative estimate of drug-likeness (QED) is 0.600. The smallest absolute Gasteiger partial charge is 0.285 e. The van der Waals surface area contributed by atoms with Crippen LogP contribution in [0.2, 0.25) is 0 Å². The van der Waals surface area contributed by atoms with Crippen molar-refractivity contribution in [2.75, 3.05) is 12.4 Å². The van der Waals surface area contributed by atoms with Gasteiger partial charge in [0, 0.05) is 19.2 Å². The van der Waals surface area contributed by atoms with Crippen LogP contribution in [0.1, 0.15) is 5.01 Å². The van der Waals surface area contributed by atoms with E-state index in [1.165, 1.54) is 7.11 Å². The minimum Gasteiger partial charge on any atom is -0.377 e. The topological polar surface area (TPSA) is 129 Å². The zero-order valence-corrected chi connectivity index (χ0v) is 12.2. The maximum atomic E-state index is 11.8. The zero-order valence-electron chi connectivity index (χ0n) is 11.4. The summed E-state index contributed by atoms with van der Waals surface area (Å²) in [6.45, 7) is -0.0857. The highest BCUT2D eigenvalue weighted by atomic mass is 32.1. The number of methoxy groups -OCH3 is 1.